The molecule has 0 radical (unpaired) electrons. The van der Waals surface area contributed by atoms with E-state index in [9.17, 15) is 14.7 Å². The van der Waals surface area contributed by atoms with Crippen LogP contribution >= 0.6 is 0 Å². The molecule has 218 valence electrons. The van der Waals surface area contributed by atoms with Crippen molar-refractivity contribution in [2.75, 3.05) is 33.8 Å². The number of phenolic OH excluding ortho intramolecular Hbond substituents is 1. The Balaban J connectivity index is 1.57. The molecule has 1 aliphatic heterocycles. The molecule has 0 unspecified atom stereocenters. The predicted molar refractivity (Wildman–Crippen MR) is 158 cm³/mol. The van der Waals surface area contributed by atoms with E-state index in [2.05, 4.69) is 10.6 Å². The standard InChI is InChI=1S/C33H34N2O7/c1-18-30(33(38)35-22-8-6-7-9-26(22)39-2)31(20-11-12-27(40-3)24(36)15-20)32-23(34-18)14-21(16-25(32)37)19-10-13-28(41-4)29(17-19)42-5/h6-13,15,17,21,31,34,36H,14,16H2,1-5H3,(H,35,38)/t21-,31+/m0/s1. The third-order valence-corrected chi connectivity index (χ3v) is 7.84. The summed E-state index contributed by atoms with van der Waals surface area (Å²) in [4.78, 5) is 27.9. The van der Waals surface area contributed by atoms with E-state index in [4.69, 9.17) is 18.9 Å². The largest absolute Gasteiger partial charge is 0.504 e. The Morgan fingerprint density at radius 2 is 1.50 bits per heavy atom. The van der Waals surface area contributed by atoms with Crippen LogP contribution in [-0.2, 0) is 9.59 Å². The topological polar surface area (TPSA) is 115 Å². The van der Waals surface area contributed by atoms with Crippen molar-refractivity contribution in [3.63, 3.8) is 0 Å². The Labute approximate surface area is 244 Å². The van der Waals surface area contributed by atoms with Crippen LogP contribution in [0, 0.1) is 0 Å². The maximum atomic E-state index is 14.0. The molecule has 9 nitrogen and oxygen atoms in total. The zero-order valence-corrected chi connectivity index (χ0v) is 24.2. The SMILES string of the molecule is COc1ccc([C@@H]2C(C(=O)Nc3ccccc3OC)=C(C)NC3=C2C(=O)C[C@@H](c2ccc(OC)c(OC)c2)C3)cc1O. The highest BCUT2D eigenvalue weighted by atomic mass is 16.5. The molecule has 0 bridgehead atoms. The predicted octanol–water partition coefficient (Wildman–Crippen LogP) is 5.43. The van der Waals surface area contributed by atoms with Crippen LogP contribution in [0.15, 0.2) is 83.2 Å². The minimum atomic E-state index is -0.716. The summed E-state index contributed by atoms with van der Waals surface area (Å²) in [6.07, 6.45) is 0.795. The Hall–Kier alpha value is -4.92. The fourth-order valence-corrected chi connectivity index (χ4v) is 5.84. The van der Waals surface area contributed by atoms with E-state index in [0.29, 0.717) is 57.5 Å². The maximum Gasteiger partial charge on any atom is 0.254 e. The van der Waals surface area contributed by atoms with Gasteiger partial charge in [-0.1, -0.05) is 24.3 Å². The van der Waals surface area contributed by atoms with Gasteiger partial charge < -0.3 is 34.7 Å². The first kappa shape index (κ1) is 28.6. The summed E-state index contributed by atoms with van der Waals surface area (Å²) in [5.41, 5.74) is 4.30. The van der Waals surface area contributed by atoms with E-state index in [1.54, 1.807) is 50.6 Å². The van der Waals surface area contributed by atoms with Gasteiger partial charge in [0.1, 0.15) is 5.75 Å². The van der Waals surface area contributed by atoms with Gasteiger partial charge in [0.2, 0.25) is 0 Å². The number of phenols is 1. The summed E-state index contributed by atoms with van der Waals surface area (Å²) < 4.78 is 21.6. The van der Waals surface area contributed by atoms with Crippen LogP contribution in [0.1, 0.15) is 42.7 Å². The van der Waals surface area contributed by atoms with Crippen LogP contribution in [-0.4, -0.2) is 45.2 Å². The molecule has 1 heterocycles. The number of amides is 1. The molecule has 0 saturated carbocycles. The lowest BCUT2D eigenvalue weighted by Gasteiger charge is -2.37. The molecule has 42 heavy (non-hydrogen) atoms. The summed E-state index contributed by atoms with van der Waals surface area (Å²) in [7, 11) is 6.17. The Morgan fingerprint density at radius 3 is 2.19 bits per heavy atom. The minimum Gasteiger partial charge on any atom is -0.504 e. The number of dihydropyridines is 1. The average Bonchev–Trinajstić information content (AvgIpc) is 2.99. The molecule has 1 aliphatic carbocycles. The van der Waals surface area contributed by atoms with Gasteiger partial charge in [0, 0.05) is 34.9 Å². The van der Waals surface area contributed by atoms with Crippen molar-refractivity contribution in [3.8, 4) is 28.7 Å². The molecule has 2 aliphatic rings. The number of methoxy groups -OCH3 is 4. The van der Waals surface area contributed by atoms with Crippen molar-refractivity contribution in [1.29, 1.82) is 0 Å². The van der Waals surface area contributed by atoms with E-state index >= 15 is 0 Å². The number of benzene rings is 3. The number of nitrogens with one attached hydrogen (secondary N) is 2. The van der Waals surface area contributed by atoms with Crippen molar-refractivity contribution in [2.24, 2.45) is 0 Å². The summed E-state index contributed by atoms with van der Waals surface area (Å²) in [6, 6.07) is 17.8. The zero-order valence-electron chi connectivity index (χ0n) is 24.2. The first-order valence-electron chi connectivity index (χ1n) is 13.6. The average molecular weight is 571 g/mol. The summed E-state index contributed by atoms with van der Waals surface area (Å²) in [5.74, 6) is 0.648. The van der Waals surface area contributed by atoms with Gasteiger partial charge in [-0.2, -0.15) is 0 Å². The molecule has 3 aromatic rings. The zero-order chi connectivity index (χ0) is 30.0. The number of rotatable bonds is 8. The molecule has 5 rings (SSSR count). The third kappa shape index (κ3) is 5.25. The molecular formula is C33H34N2O7. The first-order chi connectivity index (χ1) is 20.3. The molecule has 1 amide bonds. The van der Waals surface area contributed by atoms with E-state index in [-0.39, 0.29) is 29.8 Å². The van der Waals surface area contributed by atoms with Gasteiger partial charge in [-0.15, -0.1) is 0 Å². The van der Waals surface area contributed by atoms with Crippen LogP contribution in [0.2, 0.25) is 0 Å². The van der Waals surface area contributed by atoms with Crippen molar-refractivity contribution in [1.82, 2.24) is 5.32 Å². The van der Waals surface area contributed by atoms with Crippen LogP contribution in [0.4, 0.5) is 5.69 Å². The Kier molecular flexibility index (Phi) is 8.10. The first-order valence-corrected chi connectivity index (χ1v) is 13.6. The summed E-state index contributed by atoms with van der Waals surface area (Å²) in [5, 5.41) is 17.0. The Bertz CT molecular complexity index is 1610. The van der Waals surface area contributed by atoms with Crippen molar-refractivity contribution < 1.29 is 33.6 Å². The molecule has 0 spiro atoms. The maximum absolute atomic E-state index is 14.0. The van der Waals surface area contributed by atoms with E-state index in [1.165, 1.54) is 14.2 Å². The van der Waals surface area contributed by atoms with Gasteiger partial charge in [-0.3, -0.25) is 9.59 Å². The third-order valence-electron chi connectivity index (χ3n) is 7.84. The molecule has 0 saturated heterocycles. The second-order valence-corrected chi connectivity index (χ2v) is 10.2. The van der Waals surface area contributed by atoms with Gasteiger partial charge >= 0.3 is 0 Å². The molecule has 0 aromatic heterocycles. The quantitative estimate of drug-likeness (QED) is 0.329. The van der Waals surface area contributed by atoms with Crippen LogP contribution in [0.25, 0.3) is 0 Å². The normalized spacial score (nSPS) is 18.2. The number of aromatic hydroxyl groups is 1. The molecule has 9 heteroatoms. The number of anilines is 1. The lowest BCUT2D eigenvalue weighted by atomic mass is 9.71. The highest BCUT2D eigenvalue weighted by Gasteiger charge is 2.41. The van der Waals surface area contributed by atoms with Gasteiger partial charge in [0.25, 0.3) is 5.91 Å². The Morgan fingerprint density at radius 1 is 0.833 bits per heavy atom. The van der Waals surface area contributed by atoms with Crippen molar-refractivity contribution >= 4 is 17.4 Å². The van der Waals surface area contributed by atoms with Gasteiger partial charge in [-0.05, 0) is 66.8 Å². The number of hydrogen-bond acceptors (Lipinski definition) is 8. The lowest BCUT2D eigenvalue weighted by molar-refractivity contribution is -0.116. The fourth-order valence-electron chi connectivity index (χ4n) is 5.84. The highest BCUT2D eigenvalue weighted by Crippen LogP contribution is 2.47. The van der Waals surface area contributed by atoms with Crippen LogP contribution in [0.5, 0.6) is 28.7 Å². The summed E-state index contributed by atoms with van der Waals surface area (Å²) in [6.45, 7) is 1.82. The number of Topliss-reactive ketones (excluding diaryl/α,β-unsaturated/α-hetero) is 1. The smallest absolute Gasteiger partial charge is 0.254 e. The van der Waals surface area contributed by atoms with Gasteiger partial charge in [-0.25, -0.2) is 0 Å². The van der Waals surface area contributed by atoms with E-state index < -0.39 is 5.92 Å². The second kappa shape index (κ2) is 11.9. The number of ketones is 1. The van der Waals surface area contributed by atoms with Crippen molar-refractivity contribution in [2.45, 2.75) is 31.6 Å². The number of carbonyl (C=O) groups excluding carboxylic acids is 2. The minimum absolute atomic E-state index is 0.0794. The number of ether oxygens (including phenoxy) is 4. The fraction of sp³-hybridized carbons (Fsp3) is 0.273. The summed E-state index contributed by atoms with van der Waals surface area (Å²) >= 11 is 0. The van der Waals surface area contributed by atoms with E-state index in [0.717, 1.165) is 11.3 Å². The van der Waals surface area contributed by atoms with Crippen molar-refractivity contribution in [3.05, 3.63) is 94.3 Å². The van der Waals surface area contributed by atoms with Gasteiger partial charge in [0.05, 0.1) is 34.1 Å². The molecular weight excluding hydrogens is 536 g/mol. The van der Waals surface area contributed by atoms with Crippen LogP contribution < -0.4 is 29.6 Å². The monoisotopic (exact) mass is 570 g/mol. The highest BCUT2D eigenvalue weighted by molar-refractivity contribution is 6.10. The molecule has 0 fully saturated rings. The van der Waals surface area contributed by atoms with Gasteiger partial charge in [0.15, 0.2) is 28.8 Å². The lowest BCUT2D eigenvalue weighted by Crippen LogP contribution is -2.37. The van der Waals surface area contributed by atoms with E-state index in [1.807, 2.05) is 31.2 Å². The molecule has 3 aromatic carbocycles. The number of carbonyl (C=O) groups is 2. The van der Waals surface area contributed by atoms with Crippen LogP contribution in [0.3, 0.4) is 0 Å². The molecule has 2 atom stereocenters. The second-order valence-electron chi connectivity index (χ2n) is 10.2. The number of para-hydroxylation sites is 2. The molecule has 3 N–H and O–H groups in total. The number of hydrogen-bond donors (Lipinski definition) is 3. The number of allylic oxidation sites excluding steroid dienone is 3.